The van der Waals surface area contributed by atoms with E-state index >= 15 is 0 Å². The molecule has 2 rings (SSSR count). The molecule has 3 N–H and O–H groups in total. The largest absolute Gasteiger partial charge is 0.506 e. The molecule has 0 heterocycles. The average molecular weight is 293 g/mol. The molecule has 0 saturated carbocycles. The van der Waals surface area contributed by atoms with Crippen molar-refractivity contribution in [1.82, 2.24) is 5.32 Å². The van der Waals surface area contributed by atoms with Crippen LogP contribution in [0.2, 0.25) is 0 Å². The zero-order chi connectivity index (χ0) is 15.8. The molecule has 0 bridgehead atoms. The summed E-state index contributed by atoms with van der Waals surface area (Å²) in [7, 11) is 0. The Bertz CT molecular complexity index is 718. The van der Waals surface area contributed by atoms with Gasteiger partial charge in [-0.25, -0.2) is 0 Å². The molecule has 0 aromatic heterocycles. The van der Waals surface area contributed by atoms with Crippen molar-refractivity contribution in [3.05, 3.63) is 71.9 Å². The summed E-state index contributed by atoms with van der Waals surface area (Å²) in [5.74, 6) is -0.630. The van der Waals surface area contributed by atoms with Gasteiger partial charge in [-0.15, -0.1) is 0 Å². The Hall–Kier alpha value is -3.26. The number of para-hydroxylation sites is 2. The van der Waals surface area contributed by atoms with Gasteiger partial charge in [-0.1, -0.05) is 42.5 Å². The van der Waals surface area contributed by atoms with E-state index in [0.717, 1.165) is 5.56 Å². The van der Waals surface area contributed by atoms with Gasteiger partial charge in [-0.3, -0.25) is 4.79 Å². The Morgan fingerprint density at radius 1 is 1.14 bits per heavy atom. The lowest BCUT2D eigenvalue weighted by molar-refractivity contribution is -0.112. The van der Waals surface area contributed by atoms with E-state index in [1.165, 1.54) is 12.3 Å². The fraction of sp³-hybridized carbons (Fsp3) is 0.0588. The molecule has 0 aliphatic rings. The SMILES string of the molecule is N#C/C(=C/NCc1ccccc1)C(=O)Nc1ccccc1O. The van der Waals surface area contributed by atoms with Crippen LogP contribution in [0.5, 0.6) is 5.75 Å². The third-order valence-corrected chi connectivity index (χ3v) is 2.91. The van der Waals surface area contributed by atoms with Gasteiger partial charge in [0, 0.05) is 12.7 Å². The minimum atomic E-state index is -0.579. The zero-order valence-electron chi connectivity index (χ0n) is 11.8. The van der Waals surface area contributed by atoms with Crippen molar-refractivity contribution in [2.45, 2.75) is 6.54 Å². The Morgan fingerprint density at radius 2 is 1.82 bits per heavy atom. The van der Waals surface area contributed by atoms with Crippen LogP contribution >= 0.6 is 0 Å². The summed E-state index contributed by atoms with van der Waals surface area (Å²) in [6, 6.07) is 17.8. The Morgan fingerprint density at radius 3 is 2.50 bits per heavy atom. The highest BCUT2D eigenvalue weighted by Gasteiger charge is 2.10. The van der Waals surface area contributed by atoms with Gasteiger partial charge >= 0.3 is 0 Å². The van der Waals surface area contributed by atoms with E-state index < -0.39 is 5.91 Å². The third kappa shape index (κ3) is 4.12. The Labute approximate surface area is 128 Å². The van der Waals surface area contributed by atoms with Crippen LogP contribution in [-0.4, -0.2) is 11.0 Å². The molecule has 0 radical (unpaired) electrons. The number of aromatic hydroxyl groups is 1. The molecule has 0 spiro atoms. The minimum absolute atomic E-state index is 0.0506. The molecule has 5 heteroatoms. The van der Waals surface area contributed by atoms with Crippen LogP contribution in [0.25, 0.3) is 0 Å². The van der Waals surface area contributed by atoms with E-state index in [1.807, 2.05) is 36.4 Å². The van der Waals surface area contributed by atoms with E-state index in [1.54, 1.807) is 18.2 Å². The molecule has 0 aliphatic carbocycles. The van der Waals surface area contributed by atoms with Crippen molar-refractivity contribution in [3.8, 4) is 11.8 Å². The monoisotopic (exact) mass is 293 g/mol. The maximum absolute atomic E-state index is 12.0. The zero-order valence-corrected chi connectivity index (χ0v) is 11.8. The molecule has 0 aliphatic heterocycles. The number of benzene rings is 2. The molecule has 0 unspecified atom stereocenters. The fourth-order valence-electron chi connectivity index (χ4n) is 1.78. The summed E-state index contributed by atoms with van der Waals surface area (Å²) in [6.45, 7) is 0.510. The van der Waals surface area contributed by atoms with Gasteiger partial charge in [0.2, 0.25) is 0 Å². The number of amides is 1. The molecule has 110 valence electrons. The summed E-state index contributed by atoms with van der Waals surface area (Å²) in [4.78, 5) is 12.0. The summed E-state index contributed by atoms with van der Waals surface area (Å²) in [6.07, 6.45) is 1.36. The summed E-state index contributed by atoms with van der Waals surface area (Å²) < 4.78 is 0. The molecule has 1 amide bonds. The van der Waals surface area contributed by atoms with E-state index in [-0.39, 0.29) is 17.0 Å². The van der Waals surface area contributed by atoms with E-state index in [4.69, 9.17) is 5.26 Å². The van der Waals surface area contributed by atoms with Gasteiger partial charge in [0.25, 0.3) is 5.91 Å². The lowest BCUT2D eigenvalue weighted by Gasteiger charge is -2.06. The third-order valence-electron chi connectivity index (χ3n) is 2.91. The van der Waals surface area contributed by atoms with E-state index in [0.29, 0.717) is 6.54 Å². The standard InChI is InChI=1S/C17H15N3O2/c18-10-14(12-19-11-13-6-2-1-3-7-13)17(22)20-15-8-4-5-9-16(15)21/h1-9,12,19,21H,11H2,(H,20,22)/b14-12-. The van der Waals surface area contributed by atoms with Crippen LogP contribution in [-0.2, 0) is 11.3 Å². The van der Waals surface area contributed by atoms with E-state index in [2.05, 4.69) is 10.6 Å². The van der Waals surface area contributed by atoms with Gasteiger partial charge in [0.1, 0.15) is 17.4 Å². The number of hydrogen-bond acceptors (Lipinski definition) is 4. The number of hydrogen-bond donors (Lipinski definition) is 3. The highest BCUT2D eigenvalue weighted by Crippen LogP contribution is 2.21. The summed E-state index contributed by atoms with van der Waals surface area (Å²) >= 11 is 0. The number of phenolic OH excluding ortho intramolecular Hbond substituents is 1. The van der Waals surface area contributed by atoms with Crippen LogP contribution in [0.1, 0.15) is 5.56 Å². The number of nitrogens with zero attached hydrogens (tertiary/aromatic N) is 1. The number of nitrogens with one attached hydrogen (secondary N) is 2. The first kappa shape index (κ1) is 15.1. The fourth-order valence-corrected chi connectivity index (χ4v) is 1.78. The van der Waals surface area contributed by atoms with Gasteiger partial charge in [-0.2, -0.15) is 5.26 Å². The number of carbonyl (C=O) groups excluding carboxylic acids is 1. The van der Waals surface area contributed by atoms with Crippen LogP contribution in [0.15, 0.2) is 66.4 Å². The average Bonchev–Trinajstić information content (AvgIpc) is 2.54. The molecule has 0 fully saturated rings. The Kier molecular flexibility index (Phi) is 5.16. The van der Waals surface area contributed by atoms with Crippen molar-refractivity contribution in [3.63, 3.8) is 0 Å². The highest BCUT2D eigenvalue weighted by atomic mass is 16.3. The number of carbonyl (C=O) groups is 1. The van der Waals surface area contributed by atoms with Crippen LogP contribution in [0, 0.1) is 11.3 Å². The molecular formula is C17H15N3O2. The first-order valence-corrected chi connectivity index (χ1v) is 6.67. The highest BCUT2D eigenvalue weighted by molar-refractivity contribution is 6.07. The summed E-state index contributed by atoms with van der Waals surface area (Å²) in [5, 5.41) is 24.1. The number of anilines is 1. The van der Waals surface area contributed by atoms with Crippen molar-refractivity contribution in [2.75, 3.05) is 5.32 Å². The van der Waals surface area contributed by atoms with Crippen LogP contribution < -0.4 is 10.6 Å². The van der Waals surface area contributed by atoms with Gasteiger partial charge in [0.15, 0.2) is 0 Å². The second kappa shape index (κ2) is 7.50. The van der Waals surface area contributed by atoms with Gasteiger partial charge < -0.3 is 15.7 Å². The number of phenols is 1. The van der Waals surface area contributed by atoms with Gasteiger partial charge in [0.05, 0.1) is 5.69 Å². The van der Waals surface area contributed by atoms with Crippen LogP contribution in [0.4, 0.5) is 5.69 Å². The first-order valence-electron chi connectivity index (χ1n) is 6.67. The van der Waals surface area contributed by atoms with Crippen molar-refractivity contribution < 1.29 is 9.90 Å². The second-order valence-electron chi connectivity index (χ2n) is 4.51. The van der Waals surface area contributed by atoms with Crippen LogP contribution in [0.3, 0.4) is 0 Å². The second-order valence-corrected chi connectivity index (χ2v) is 4.51. The smallest absolute Gasteiger partial charge is 0.267 e. The molecule has 2 aromatic carbocycles. The van der Waals surface area contributed by atoms with Gasteiger partial charge in [-0.05, 0) is 17.7 Å². The predicted octanol–water partition coefficient (Wildman–Crippen LogP) is 2.53. The quantitative estimate of drug-likeness (QED) is 0.449. The van der Waals surface area contributed by atoms with E-state index in [9.17, 15) is 9.90 Å². The normalized spacial score (nSPS) is 10.6. The summed E-state index contributed by atoms with van der Waals surface area (Å²) in [5.41, 5.74) is 1.23. The van der Waals surface area contributed by atoms with Crippen molar-refractivity contribution >= 4 is 11.6 Å². The first-order chi connectivity index (χ1) is 10.7. The lowest BCUT2D eigenvalue weighted by Crippen LogP contribution is -2.16. The Balaban J connectivity index is 1.99. The lowest BCUT2D eigenvalue weighted by atomic mass is 10.2. The maximum Gasteiger partial charge on any atom is 0.267 e. The molecule has 22 heavy (non-hydrogen) atoms. The molecule has 0 atom stereocenters. The maximum atomic E-state index is 12.0. The molecule has 5 nitrogen and oxygen atoms in total. The number of nitriles is 1. The van der Waals surface area contributed by atoms with Crippen molar-refractivity contribution in [1.29, 1.82) is 5.26 Å². The molecule has 2 aromatic rings. The predicted molar refractivity (Wildman–Crippen MR) is 83.7 cm³/mol. The van der Waals surface area contributed by atoms with Crippen molar-refractivity contribution in [2.24, 2.45) is 0 Å². The topological polar surface area (TPSA) is 85.2 Å². The minimum Gasteiger partial charge on any atom is -0.506 e. The molecule has 0 saturated heterocycles. The number of rotatable bonds is 5. The molecular weight excluding hydrogens is 278 g/mol.